The molecule has 3 aromatic carbocycles. The van der Waals surface area contributed by atoms with Crippen molar-refractivity contribution in [2.24, 2.45) is 5.73 Å². The Morgan fingerprint density at radius 2 is 1.87 bits per heavy atom. The Morgan fingerprint density at radius 3 is 2.65 bits per heavy atom. The van der Waals surface area contributed by atoms with Crippen molar-refractivity contribution < 1.29 is 23.2 Å². The van der Waals surface area contributed by atoms with E-state index in [-0.39, 0.29) is 30.9 Å². The second-order valence-electron chi connectivity index (χ2n) is 10.9. The molecule has 46 heavy (non-hydrogen) atoms. The van der Waals surface area contributed by atoms with Crippen molar-refractivity contribution in [2.75, 3.05) is 11.9 Å². The number of nitrogens with two attached hydrogens (primary N) is 1. The quantitative estimate of drug-likeness (QED) is 0.244. The summed E-state index contributed by atoms with van der Waals surface area (Å²) in [4.78, 5) is 48.2. The molecule has 0 spiro atoms. The van der Waals surface area contributed by atoms with Crippen molar-refractivity contribution in [1.82, 2.24) is 34.8 Å². The smallest absolute Gasteiger partial charge is 0.269 e. The van der Waals surface area contributed by atoms with Crippen molar-refractivity contribution in [3.05, 3.63) is 90.6 Å². The fourth-order valence-electron chi connectivity index (χ4n) is 5.77. The van der Waals surface area contributed by atoms with E-state index in [0.717, 1.165) is 27.6 Å². The number of nitrogens with one attached hydrogen (secondary N) is 2. The molecule has 1 aliphatic rings. The molecule has 0 aliphatic carbocycles. The van der Waals surface area contributed by atoms with Crippen LogP contribution in [0.25, 0.3) is 44.5 Å². The summed E-state index contributed by atoms with van der Waals surface area (Å²) in [6.07, 6.45) is 1.39. The highest BCUT2D eigenvalue weighted by Crippen LogP contribution is 2.31. The van der Waals surface area contributed by atoms with Gasteiger partial charge in [-0.15, -0.1) is 0 Å². The van der Waals surface area contributed by atoms with E-state index in [4.69, 9.17) is 5.73 Å². The molecule has 7 rings (SSSR count). The van der Waals surface area contributed by atoms with Gasteiger partial charge in [0.1, 0.15) is 30.4 Å². The molecule has 4 N–H and O–H groups in total. The average Bonchev–Trinajstić information content (AvgIpc) is 3.76. The number of rotatable bonds is 7. The van der Waals surface area contributed by atoms with E-state index in [1.165, 1.54) is 23.0 Å². The summed E-state index contributed by atoms with van der Waals surface area (Å²) in [5, 5.41) is 15.0. The van der Waals surface area contributed by atoms with Crippen LogP contribution in [0.15, 0.2) is 79.1 Å². The highest BCUT2D eigenvalue weighted by atomic mass is 19.1. The van der Waals surface area contributed by atoms with Crippen molar-refractivity contribution in [2.45, 2.75) is 25.2 Å². The lowest BCUT2D eigenvalue weighted by Crippen LogP contribution is -2.44. The number of aromatic amines is 1. The van der Waals surface area contributed by atoms with Crippen LogP contribution in [0.5, 0.6) is 0 Å². The van der Waals surface area contributed by atoms with E-state index >= 15 is 0 Å². The zero-order chi connectivity index (χ0) is 31.9. The maximum absolute atomic E-state index is 14.8. The Labute approximate surface area is 259 Å². The first-order valence-corrected chi connectivity index (χ1v) is 14.3. The predicted molar refractivity (Wildman–Crippen MR) is 164 cm³/mol. The van der Waals surface area contributed by atoms with E-state index in [9.17, 15) is 23.2 Å². The van der Waals surface area contributed by atoms with Crippen LogP contribution in [-0.4, -0.2) is 71.3 Å². The van der Waals surface area contributed by atoms with Gasteiger partial charge in [0.05, 0.1) is 41.2 Å². The van der Waals surface area contributed by atoms with Crippen molar-refractivity contribution in [1.29, 1.82) is 0 Å². The molecular formula is C32H25F2N9O3. The highest BCUT2D eigenvalue weighted by Gasteiger charge is 2.40. The third kappa shape index (κ3) is 5.29. The Balaban J connectivity index is 1.15. The van der Waals surface area contributed by atoms with Gasteiger partial charge in [0.25, 0.3) is 5.91 Å². The minimum Gasteiger partial charge on any atom is -0.364 e. The molecule has 4 heterocycles. The van der Waals surface area contributed by atoms with E-state index in [0.29, 0.717) is 27.8 Å². The number of amides is 3. The van der Waals surface area contributed by atoms with Gasteiger partial charge in [0.15, 0.2) is 5.69 Å². The molecule has 230 valence electrons. The number of primary amides is 1. The zero-order valence-electron chi connectivity index (χ0n) is 24.0. The minimum absolute atomic E-state index is 0.0463. The molecule has 0 bridgehead atoms. The third-order valence-corrected chi connectivity index (χ3v) is 7.94. The van der Waals surface area contributed by atoms with Gasteiger partial charge < -0.3 is 20.9 Å². The summed E-state index contributed by atoms with van der Waals surface area (Å²) in [5.41, 5.74) is 9.45. The molecule has 0 radical (unpaired) electrons. The number of H-pyrrole nitrogens is 1. The van der Waals surface area contributed by atoms with E-state index in [1.54, 1.807) is 30.5 Å². The second kappa shape index (κ2) is 11.5. The maximum Gasteiger partial charge on any atom is 0.269 e. The molecule has 3 amide bonds. The van der Waals surface area contributed by atoms with Gasteiger partial charge in [-0.1, -0.05) is 18.2 Å². The second-order valence-corrected chi connectivity index (χ2v) is 10.9. The molecular weight excluding hydrogens is 596 g/mol. The van der Waals surface area contributed by atoms with Crippen LogP contribution >= 0.6 is 0 Å². The van der Waals surface area contributed by atoms with Crippen LogP contribution in [0.2, 0.25) is 0 Å². The molecule has 14 heteroatoms. The van der Waals surface area contributed by atoms with Crippen LogP contribution in [0, 0.1) is 5.82 Å². The maximum atomic E-state index is 14.8. The molecule has 1 aliphatic heterocycles. The Hall–Kier alpha value is -6.05. The third-order valence-electron chi connectivity index (χ3n) is 7.94. The number of hydrogen-bond acceptors (Lipinski definition) is 7. The van der Waals surface area contributed by atoms with Crippen molar-refractivity contribution >= 4 is 45.3 Å². The fourth-order valence-corrected chi connectivity index (χ4v) is 5.77. The standard InChI is InChI=1S/C32H25F2N9O3/c33-19-6-7-21(31-38-23-3-1-2-4-24(23)39-31)25(12-19)40-32(46)27-13-20(34)15-42(27)28(44)16-43-26-8-5-17(18-9-10-36-37-14-18)11-22(26)29(41-43)30(35)45/h1-12,14,20,27H,13,15-16H2,(H2,35,45)(H,38,39)(H,40,46). The molecule has 0 saturated carbocycles. The molecule has 1 saturated heterocycles. The molecule has 2 atom stereocenters. The van der Waals surface area contributed by atoms with Gasteiger partial charge in [-0.25, -0.2) is 13.8 Å². The van der Waals surface area contributed by atoms with Gasteiger partial charge in [-0.3, -0.25) is 19.1 Å². The molecule has 2 unspecified atom stereocenters. The first kappa shape index (κ1) is 28.7. The van der Waals surface area contributed by atoms with Gasteiger partial charge in [0.2, 0.25) is 11.8 Å². The number of carbonyl (C=O) groups is 3. The Bertz CT molecular complexity index is 2110. The number of para-hydroxylation sites is 2. The van der Waals surface area contributed by atoms with E-state index in [1.807, 2.05) is 24.3 Å². The molecule has 3 aromatic heterocycles. The summed E-state index contributed by atoms with van der Waals surface area (Å²) in [6.45, 7) is -0.710. The van der Waals surface area contributed by atoms with Crippen LogP contribution < -0.4 is 11.1 Å². The number of hydrogen-bond donors (Lipinski definition) is 3. The van der Waals surface area contributed by atoms with Crippen LogP contribution in [0.3, 0.4) is 0 Å². The molecule has 1 fully saturated rings. The summed E-state index contributed by atoms with van der Waals surface area (Å²) >= 11 is 0. The van der Waals surface area contributed by atoms with Crippen molar-refractivity contribution in [3.63, 3.8) is 0 Å². The summed E-state index contributed by atoms with van der Waals surface area (Å²) in [5.74, 6) is -2.27. The topological polar surface area (TPSA) is 165 Å². The number of carbonyl (C=O) groups excluding carboxylic acids is 3. The number of aromatic nitrogens is 6. The summed E-state index contributed by atoms with van der Waals surface area (Å²) < 4.78 is 30.4. The lowest BCUT2D eigenvalue weighted by molar-refractivity contribution is -0.137. The minimum atomic E-state index is -1.46. The number of anilines is 1. The average molecular weight is 622 g/mol. The normalized spacial score (nSPS) is 16.3. The Morgan fingerprint density at radius 1 is 1.02 bits per heavy atom. The van der Waals surface area contributed by atoms with Gasteiger partial charge in [-0.05, 0) is 54.1 Å². The fraction of sp³-hybridized carbons (Fsp3) is 0.156. The van der Waals surface area contributed by atoms with Crippen LogP contribution in [0.4, 0.5) is 14.5 Å². The number of halogens is 2. The zero-order valence-corrected chi connectivity index (χ0v) is 24.0. The largest absolute Gasteiger partial charge is 0.364 e. The van der Waals surface area contributed by atoms with E-state index in [2.05, 4.69) is 30.6 Å². The lowest BCUT2D eigenvalue weighted by atomic mass is 10.0. The van der Waals surface area contributed by atoms with Crippen molar-refractivity contribution in [3.8, 4) is 22.5 Å². The SMILES string of the molecule is NC(=O)c1nn(CC(=O)N2CC(F)CC2C(=O)Nc2cc(F)ccc2-c2nc3ccccc3[nH]2)c2ccc(-c3ccnnc3)cc12. The van der Waals surface area contributed by atoms with Gasteiger partial charge in [-0.2, -0.15) is 15.3 Å². The lowest BCUT2D eigenvalue weighted by Gasteiger charge is -2.24. The van der Waals surface area contributed by atoms with Gasteiger partial charge >= 0.3 is 0 Å². The number of likely N-dealkylation sites (tertiary alicyclic amines) is 1. The highest BCUT2D eigenvalue weighted by molar-refractivity contribution is 6.05. The number of alkyl halides is 1. The first-order chi connectivity index (χ1) is 22.2. The number of benzene rings is 3. The molecule has 6 aromatic rings. The predicted octanol–water partition coefficient (Wildman–Crippen LogP) is 3.85. The molecule has 12 nitrogen and oxygen atoms in total. The van der Waals surface area contributed by atoms with Gasteiger partial charge in [0, 0.05) is 22.9 Å². The summed E-state index contributed by atoms with van der Waals surface area (Å²) in [6, 6.07) is 16.9. The number of nitrogens with zero attached hydrogens (tertiary/aromatic N) is 6. The van der Waals surface area contributed by atoms with Crippen LogP contribution in [0.1, 0.15) is 16.9 Å². The number of imidazole rings is 1. The Kier molecular flexibility index (Phi) is 7.15. The van der Waals surface area contributed by atoms with E-state index < -0.39 is 35.8 Å². The van der Waals surface area contributed by atoms with Crippen LogP contribution in [-0.2, 0) is 16.1 Å². The number of fused-ring (bicyclic) bond motifs is 2. The monoisotopic (exact) mass is 621 g/mol. The first-order valence-electron chi connectivity index (χ1n) is 14.3. The summed E-state index contributed by atoms with van der Waals surface area (Å²) in [7, 11) is 0.